The molecule has 2 heterocycles. The van der Waals surface area contributed by atoms with Crippen molar-refractivity contribution >= 4 is 33.4 Å². The monoisotopic (exact) mass is 381 g/mol. The fraction of sp³-hybridized carbons (Fsp3) is 0.500. The van der Waals surface area contributed by atoms with Crippen LogP contribution in [0, 0.1) is 12.8 Å². The van der Waals surface area contributed by atoms with E-state index in [1.807, 2.05) is 30.1 Å². The summed E-state index contributed by atoms with van der Waals surface area (Å²) in [6.45, 7) is 5.04. The maximum Gasteiger partial charge on any atom is 0.246 e. The molecular weight excluding hydrogens is 362 g/mol. The molecule has 1 aromatic carbocycles. The van der Waals surface area contributed by atoms with E-state index in [4.69, 9.17) is 4.74 Å². The van der Waals surface area contributed by atoms with Gasteiger partial charge in [0.05, 0.1) is 13.2 Å². The molecule has 2 aliphatic heterocycles. The van der Waals surface area contributed by atoms with E-state index in [1.165, 1.54) is 0 Å². The van der Waals surface area contributed by atoms with Gasteiger partial charge in [-0.05, 0) is 31.0 Å². The van der Waals surface area contributed by atoms with Gasteiger partial charge in [0.25, 0.3) is 0 Å². The van der Waals surface area contributed by atoms with E-state index in [2.05, 4.69) is 21.4 Å². The molecule has 1 N–H and O–H groups in total. The van der Waals surface area contributed by atoms with E-state index in [-0.39, 0.29) is 11.8 Å². The number of hydrogen-bond donors (Lipinski definition) is 1. The second-order valence-corrected chi connectivity index (χ2v) is 6.75. The second-order valence-electron chi connectivity index (χ2n) is 5.84. The summed E-state index contributed by atoms with van der Waals surface area (Å²) in [4.78, 5) is 26.8. The summed E-state index contributed by atoms with van der Waals surface area (Å²) in [7, 11) is 0. The van der Waals surface area contributed by atoms with Crippen LogP contribution in [0.4, 0.5) is 5.69 Å². The number of amides is 2. The van der Waals surface area contributed by atoms with Gasteiger partial charge in [-0.3, -0.25) is 15.0 Å². The molecule has 7 heteroatoms. The van der Waals surface area contributed by atoms with Gasteiger partial charge in [0.15, 0.2) is 0 Å². The minimum Gasteiger partial charge on any atom is -0.379 e. The first-order valence-corrected chi connectivity index (χ1v) is 8.56. The number of ether oxygens (including phenoxy) is 1. The first-order chi connectivity index (χ1) is 11.1. The third kappa shape index (κ3) is 3.57. The van der Waals surface area contributed by atoms with Crippen molar-refractivity contribution < 1.29 is 14.3 Å². The topological polar surface area (TPSA) is 61.9 Å². The number of rotatable bonds is 3. The highest BCUT2D eigenvalue weighted by Crippen LogP contribution is 2.30. The van der Waals surface area contributed by atoms with Crippen LogP contribution < -0.4 is 10.3 Å². The normalized spacial score (nSPS) is 22.4. The molecule has 0 radical (unpaired) electrons. The van der Waals surface area contributed by atoms with Crippen LogP contribution in [0.2, 0.25) is 0 Å². The SMILES string of the molecule is Cc1ccc(Br)cc1N1CC[C@H](C(=O)NN2CCOCC2)C1=O. The van der Waals surface area contributed by atoms with Crippen LogP contribution in [-0.4, -0.2) is 49.7 Å². The molecule has 2 aliphatic rings. The lowest BCUT2D eigenvalue weighted by Crippen LogP contribution is -2.51. The molecule has 0 spiro atoms. The van der Waals surface area contributed by atoms with Gasteiger partial charge in [-0.15, -0.1) is 0 Å². The smallest absolute Gasteiger partial charge is 0.246 e. The number of hydrazine groups is 1. The number of hydrogen-bond acceptors (Lipinski definition) is 4. The molecule has 6 nitrogen and oxygen atoms in total. The van der Waals surface area contributed by atoms with Crippen LogP contribution in [0.5, 0.6) is 0 Å². The van der Waals surface area contributed by atoms with Crippen molar-refractivity contribution in [2.75, 3.05) is 37.7 Å². The van der Waals surface area contributed by atoms with Gasteiger partial charge in [-0.25, -0.2) is 5.01 Å². The molecule has 124 valence electrons. The zero-order chi connectivity index (χ0) is 16.4. The minimum absolute atomic E-state index is 0.128. The van der Waals surface area contributed by atoms with E-state index in [0.717, 1.165) is 15.7 Å². The van der Waals surface area contributed by atoms with E-state index in [9.17, 15) is 9.59 Å². The predicted octanol–water partition coefficient (Wildman–Crippen LogP) is 1.47. The standard InChI is InChI=1S/C16H20BrN3O3/c1-11-2-3-12(17)10-14(11)20-5-4-13(16(20)22)15(21)18-19-6-8-23-9-7-19/h2-3,10,13H,4-9H2,1H3,(H,18,21)/t13-/m1/s1. The first kappa shape index (κ1) is 16.4. The van der Waals surface area contributed by atoms with Crippen molar-refractivity contribution in [2.45, 2.75) is 13.3 Å². The van der Waals surface area contributed by atoms with Crippen LogP contribution >= 0.6 is 15.9 Å². The molecule has 3 rings (SSSR count). The molecule has 0 aliphatic carbocycles. The number of anilines is 1. The number of nitrogens with one attached hydrogen (secondary N) is 1. The highest BCUT2D eigenvalue weighted by atomic mass is 79.9. The molecule has 2 fully saturated rings. The van der Waals surface area contributed by atoms with Crippen LogP contribution in [0.25, 0.3) is 0 Å². The van der Waals surface area contributed by atoms with Gasteiger partial charge in [0, 0.05) is 29.8 Å². The average Bonchev–Trinajstić information content (AvgIpc) is 2.92. The van der Waals surface area contributed by atoms with Crippen LogP contribution in [-0.2, 0) is 14.3 Å². The highest BCUT2D eigenvalue weighted by Gasteiger charge is 2.38. The van der Waals surface area contributed by atoms with E-state index in [1.54, 1.807) is 4.90 Å². The van der Waals surface area contributed by atoms with E-state index in [0.29, 0.717) is 39.3 Å². The fourth-order valence-electron chi connectivity index (χ4n) is 2.94. The molecule has 0 aromatic heterocycles. The fourth-order valence-corrected chi connectivity index (χ4v) is 3.29. The number of morpholine rings is 1. The third-order valence-corrected chi connectivity index (χ3v) is 4.76. The van der Waals surface area contributed by atoms with Crippen molar-refractivity contribution in [1.82, 2.24) is 10.4 Å². The largest absolute Gasteiger partial charge is 0.379 e. The third-order valence-electron chi connectivity index (χ3n) is 4.26. The Bertz CT molecular complexity index is 617. The van der Waals surface area contributed by atoms with Crippen molar-refractivity contribution in [3.05, 3.63) is 28.2 Å². The molecule has 1 aromatic rings. The average molecular weight is 382 g/mol. The quantitative estimate of drug-likeness (QED) is 0.805. The molecule has 2 amide bonds. The Kier molecular flexibility index (Phi) is 4.99. The number of benzene rings is 1. The number of nitrogens with zero attached hydrogens (tertiary/aromatic N) is 2. The summed E-state index contributed by atoms with van der Waals surface area (Å²) >= 11 is 3.44. The Morgan fingerprint density at radius 2 is 2.04 bits per heavy atom. The zero-order valence-corrected chi connectivity index (χ0v) is 14.6. The van der Waals surface area contributed by atoms with Gasteiger partial charge in [-0.2, -0.15) is 0 Å². The van der Waals surface area contributed by atoms with Crippen LogP contribution in [0.3, 0.4) is 0 Å². The summed E-state index contributed by atoms with van der Waals surface area (Å²) < 4.78 is 6.18. The summed E-state index contributed by atoms with van der Waals surface area (Å²) in [6, 6.07) is 5.84. The Morgan fingerprint density at radius 1 is 1.30 bits per heavy atom. The number of aryl methyl sites for hydroxylation is 1. The van der Waals surface area contributed by atoms with Gasteiger partial charge >= 0.3 is 0 Å². The second kappa shape index (κ2) is 6.98. The molecule has 0 unspecified atom stereocenters. The van der Waals surface area contributed by atoms with Gasteiger partial charge in [0.2, 0.25) is 11.8 Å². The number of carbonyl (C=O) groups excluding carboxylic acids is 2. The van der Waals surface area contributed by atoms with Crippen molar-refractivity contribution in [3.63, 3.8) is 0 Å². The van der Waals surface area contributed by atoms with Crippen LogP contribution in [0.15, 0.2) is 22.7 Å². The highest BCUT2D eigenvalue weighted by molar-refractivity contribution is 9.10. The van der Waals surface area contributed by atoms with Crippen molar-refractivity contribution in [3.8, 4) is 0 Å². The Hall–Kier alpha value is -1.44. The van der Waals surface area contributed by atoms with Crippen molar-refractivity contribution in [2.24, 2.45) is 5.92 Å². The summed E-state index contributed by atoms with van der Waals surface area (Å²) in [5.74, 6) is -0.958. The zero-order valence-electron chi connectivity index (χ0n) is 13.0. The maximum atomic E-state index is 12.7. The summed E-state index contributed by atoms with van der Waals surface area (Å²) in [5, 5.41) is 1.83. The predicted molar refractivity (Wildman–Crippen MR) is 89.9 cm³/mol. The lowest BCUT2D eigenvalue weighted by atomic mass is 10.1. The Balaban J connectivity index is 1.68. The molecule has 1 atom stereocenters. The van der Waals surface area contributed by atoms with Gasteiger partial charge in [-0.1, -0.05) is 22.0 Å². The van der Waals surface area contributed by atoms with E-state index >= 15 is 0 Å². The van der Waals surface area contributed by atoms with Gasteiger partial charge in [0.1, 0.15) is 5.92 Å². The molecule has 2 saturated heterocycles. The number of carbonyl (C=O) groups is 2. The number of halogens is 1. The molecule has 23 heavy (non-hydrogen) atoms. The van der Waals surface area contributed by atoms with Gasteiger partial charge < -0.3 is 9.64 Å². The summed E-state index contributed by atoms with van der Waals surface area (Å²) in [5.41, 5.74) is 4.74. The minimum atomic E-state index is -0.615. The molecular formula is C16H20BrN3O3. The maximum absolute atomic E-state index is 12.7. The lowest BCUT2D eigenvalue weighted by Gasteiger charge is -2.28. The van der Waals surface area contributed by atoms with Crippen LogP contribution in [0.1, 0.15) is 12.0 Å². The Labute approximate surface area is 143 Å². The van der Waals surface area contributed by atoms with E-state index < -0.39 is 5.92 Å². The first-order valence-electron chi connectivity index (χ1n) is 7.77. The Morgan fingerprint density at radius 3 is 2.78 bits per heavy atom. The summed E-state index contributed by atoms with van der Waals surface area (Å²) in [6.07, 6.45) is 0.543. The molecule has 0 saturated carbocycles. The lowest BCUT2D eigenvalue weighted by molar-refractivity contribution is -0.137. The molecule has 0 bridgehead atoms. The van der Waals surface area contributed by atoms with Crippen molar-refractivity contribution in [1.29, 1.82) is 0 Å².